The van der Waals surface area contributed by atoms with E-state index in [2.05, 4.69) is 39.8 Å². The third-order valence-electron chi connectivity index (χ3n) is 6.20. The number of carbonyl (C=O) groups excluding carboxylic acids is 3. The van der Waals surface area contributed by atoms with Crippen molar-refractivity contribution in [1.29, 1.82) is 0 Å². The molecule has 1 spiro atoms. The molecule has 0 saturated carbocycles. The number of ether oxygens (including phenoxy) is 1. The molecule has 2 aromatic carbocycles. The Kier molecular flexibility index (Phi) is 6.52. The van der Waals surface area contributed by atoms with E-state index in [9.17, 15) is 14.4 Å². The van der Waals surface area contributed by atoms with Gasteiger partial charge >= 0.3 is 5.97 Å². The molecule has 2 heterocycles. The SMILES string of the molecule is C=CCOC(=O)[C@@H]1[C@@H](C(=O)N(C)C)NC(c2ccccc2Cl)[C@@]12C(=O)Nc1ccc(I)cc12. The zero-order chi connectivity index (χ0) is 23.9. The van der Waals surface area contributed by atoms with Crippen LogP contribution in [0.1, 0.15) is 17.2 Å². The lowest BCUT2D eigenvalue weighted by Gasteiger charge is -2.34. The maximum atomic E-state index is 13.8. The van der Waals surface area contributed by atoms with Crippen molar-refractivity contribution in [3.8, 4) is 0 Å². The molecule has 1 saturated heterocycles. The summed E-state index contributed by atoms with van der Waals surface area (Å²) in [5, 5.41) is 6.65. The van der Waals surface area contributed by atoms with Gasteiger partial charge < -0.3 is 15.0 Å². The number of benzene rings is 2. The smallest absolute Gasteiger partial charge is 0.312 e. The van der Waals surface area contributed by atoms with Crippen LogP contribution < -0.4 is 10.6 Å². The van der Waals surface area contributed by atoms with Gasteiger partial charge in [-0.2, -0.15) is 0 Å². The summed E-state index contributed by atoms with van der Waals surface area (Å²) in [7, 11) is 3.22. The van der Waals surface area contributed by atoms with E-state index in [4.69, 9.17) is 16.3 Å². The molecule has 4 atom stereocenters. The molecule has 2 aromatic rings. The summed E-state index contributed by atoms with van der Waals surface area (Å²) in [6.45, 7) is 3.57. The number of anilines is 1. The summed E-state index contributed by atoms with van der Waals surface area (Å²) in [6, 6.07) is 10.9. The largest absolute Gasteiger partial charge is 0.461 e. The van der Waals surface area contributed by atoms with E-state index >= 15 is 0 Å². The van der Waals surface area contributed by atoms with Crippen LogP contribution in [0, 0.1) is 9.49 Å². The molecular weight excluding hydrogens is 557 g/mol. The van der Waals surface area contributed by atoms with Gasteiger partial charge in [-0.3, -0.25) is 19.7 Å². The Morgan fingerprint density at radius 3 is 2.67 bits per heavy atom. The highest BCUT2D eigenvalue weighted by Gasteiger charge is 2.68. The van der Waals surface area contributed by atoms with Gasteiger partial charge in [-0.25, -0.2) is 0 Å². The number of hydrogen-bond donors (Lipinski definition) is 2. The number of carbonyl (C=O) groups is 3. The van der Waals surface area contributed by atoms with Crippen molar-refractivity contribution in [3.63, 3.8) is 0 Å². The Bertz CT molecular complexity index is 1150. The van der Waals surface area contributed by atoms with Crippen LogP contribution in [-0.4, -0.2) is 49.4 Å². The number of nitrogens with zero attached hydrogens (tertiary/aromatic N) is 1. The Morgan fingerprint density at radius 1 is 1.27 bits per heavy atom. The van der Waals surface area contributed by atoms with Gasteiger partial charge in [0.05, 0.1) is 6.04 Å². The zero-order valence-corrected chi connectivity index (χ0v) is 21.0. The fourth-order valence-electron chi connectivity index (χ4n) is 4.85. The number of hydrogen-bond acceptors (Lipinski definition) is 5. The van der Waals surface area contributed by atoms with Crippen LogP contribution in [0.4, 0.5) is 5.69 Å². The second kappa shape index (κ2) is 9.08. The van der Waals surface area contributed by atoms with E-state index in [0.717, 1.165) is 3.57 Å². The summed E-state index contributed by atoms with van der Waals surface area (Å²) < 4.78 is 6.34. The second-order valence-electron chi connectivity index (χ2n) is 8.24. The quantitative estimate of drug-likeness (QED) is 0.323. The Morgan fingerprint density at radius 2 is 2.00 bits per heavy atom. The van der Waals surface area contributed by atoms with E-state index in [1.807, 2.05) is 18.2 Å². The summed E-state index contributed by atoms with van der Waals surface area (Å²) in [5.41, 5.74) is 0.401. The third kappa shape index (κ3) is 3.74. The molecule has 33 heavy (non-hydrogen) atoms. The van der Waals surface area contributed by atoms with Gasteiger partial charge in [-0.1, -0.05) is 42.5 Å². The number of fused-ring (bicyclic) bond motifs is 2. The molecule has 2 N–H and O–H groups in total. The average Bonchev–Trinajstić information content (AvgIpc) is 3.28. The molecule has 0 aliphatic carbocycles. The summed E-state index contributed by atoms with van der Waals surface area (Å²) >= 11 is 8.74. The predicted molar refractivity (Wildman–Crippen MR) is 134 cm³/mol. The molecule has 2 aliphatic heterocycles. The minimum atomic E-state index is -1.45. The fraction of sp³-hybridized carbons (Fsp3) is 0.292. The van der Waals surface area contributed by atoms with Crippen LogP contribution in [0.25, 0.3) is 0 Å². The van der Waals surface area contributed by atoms with Gasteiger partial charge in [-0.15, -0.1) is 0 Å². The fourth-order valence-corrected chi connectivity index (χ4v) is 5.59. The number of esters is 1. The first kappa shape index (κ1) is 23.7. The Labute approximate surface area is 210 Å². The Hall–Kier alpha value is -2.43. The highest BCUT2D eigenvalue weighted by Crippen LogP contribution is 2.57. The van der Waals surface area contributed by atoms with Crippen molar-refractivity contribution in [3.05, 3.63) is 74.8 Å². The maximum Gasteiger partial charge on any atom is 0.312 e. The van der Waals surface area contributed by atoms with Gasteiger partial charge in [0, 0.05) is 28.4 Å². The minimum absolute atomic E-state index is 0.0359. The highest BCUT2D eigenvalue weighted by molar-refractivity contribution is 14.1. The second-order valence-corrected chi connectivity index (χ2v) is 9.89. The van der Waals surface area contributed by atoms with Gasteiger partial charge in [0.15, 0.2) is 0 Å². The topological polar surface area (TPSA) is 87.7 Å². The van der Waals surface area contributed by atoms with Crippen molar-refractivity contribution in [1.82, 2.24) is 10.2 Å². The number of nitrogens with one attached hydrogen (secondary N) is 2. The molecule has 0 bridgehead atoms. The normalized spacial score (nSPS) is 25.5. The van der Waals surface area contributed by atoms with E-state index in [-0.39, 0.29) is 18.4 Å². The molecule has 4 rings (SSSR count). The van der Waals surface area contributed by atoms with E-state index < -0.39 is 29.4 Å². The van der Waals surface area contributed by atoms with E-state index in [1.54, 1.807) is 38.4 Å². The van der Waals surface area contributed by atoms with E-state index in [1.165, 1.54) is 11.0 Å². The van der Waals surface area contributed by atoms with Crippen LogP contribution in [0.5, 0.6) is 0 Å². The number of halogens is 2. The lowest BCUT2D eigenvalue weighted by molar-refractivity contribution is -0.154. The van der Waals surface area contributed by atoms with Gasteiger partial charge in [0.2, 0.25) is 11.8 Å². The molecule has 1 unspecified atom stereocenters. The van der Waals surface area contributed by atoms with Crippen LogP contribution in [-0.2, 0) is 24.5 Å². The summed E-state index contributed by atoms with van der Waals surface area (Å²) in [4.78, 5) is 42.0. The molecule has 172 valence electrons. The maximum absolute atomic E-state index is 13.8. The molecule has 0 radical (unpaired) electrons. The van der Waals surface area contributed by atoms with Crippen molar-refractivity contribution in [2.24, 2.45) is 5.92 Å². The van der Waals surface area contributed by atoms with Gasteiger partial charge in [-0.05, 0) is 58.0 Å². The lowest BCUT2D eigenvalue weighted by Crippen LogP contribution is -2.51. The van der Waals surface area contributed by atoms with Crippen LogP contribution in [0.3, 0.4) is 0 Å². The third-order valence-corrected chi connectivity index (χ3v) is 7.21. The standard InChI is InChI=1S/C24H23ClIN3O4/c1-4-11-33-22(31)18-19(21(30)29(2)3)28-20(14-7-5-6-8-16(14)25)24(18)15-12-13(26)9-10-17(15)27-23(24)32/h4-10,12,18-20,28H,1,11H2,2-3H3,(H,27,32)/t18-,19-,20?,24-/m0/s1. The summed E-state index contributed by atoms with van der Waals surface area (Å²) in [6.07, 6.45) is 1.45. The van der Waals surface area contributed by atoms with Crippen LogP contribution in [0.15, 0.2) is 55.1 Å². The average molecular weight is 580 g/mol. The molecule has 1 fully saturated rings. The number of likely N-dealkylation sites (N-methyl/N-ethyl adjacent to an activating group) is 1. The molecule has 9 heteroatoms. The van der Waals surface area contributed by atoms with Gasteiger partial charge in [0.1, 0.15) is 24.0 Å². The summed E-state index contributed by atoms with van der Waals surface area (Å²) in [5.74, 6) is -2.50. The first-order chi connectivity index (χ1) is 15.7. The molecule has 7 nitrogen and oxygen atoms in total. The first-order valence-electron chi connectivity index (χ1n) is 10.3. The van der Waals surface area contributed by atoms with Crippen molar-refractivity contribution < 1.29 is 19.1 Å². The van der Waals surface area contributed by atoms with Crippen LogP contribution in [0.2, 0.25) is 5.02 Å². The van der Waals surface area contributed by atoms with Crippen molar-refractivity contribution in [2.45, 2.75) is 17.5 Å². The zero-order valence-electron chi connectivity index (χ0n) is 18.1. The first-order valence-corrected chi connectivity index (χ1v) is 11.8. The minimum Gasteiger partial charge on any atom is -0.461 e. The lowest BCUT2D eigenvalue weighted by atomic mass is 9.65. The van der Waals surface area contributed by atoms with Crippen molar-refractivity contribution in [2.75, 3.05) is 26.0 Å². The highest BCUT2D eigenvalue weighted by atomic mass is 127. The predicted octanol–water partition coefficient (Wildman–Crippen LogP) is 3.28. The van der Waals surface area contributed by atoms with Crippen LogP contribution >= 0.6 is 34.2 Å². The molecule has 2 amide bonds. The number of rotatable bonds is 5. The van der Waals surface area contributed by atoms with Crippen molar-refractivity contribution >= 4 is 57.7 Å². The molecular formula is C24H23ClIN3O4. The molecule has 2 aliphatic rings. The number of amides is 2. The van der Waals surface area contributed by atoms with E-state index in [0.29, 0.717) is 21.8 Å². The molecule has 0 aromatic heterocycles. The Balaban J connectivity index is 2.02. The van der Waals surface area contributed by atoms with Gasteiger partial charge in [0.25, 0.3) is 0 Å². The monoisotopic (exact) mass is 579 g/mol.